The van der Waals surface area contributed by atoms with Gasteiger partial charge < -0.3 is 23.7 Å². The van der Waals surface area contributed by atoms with Crippen molar-refractivity contribution in [3.8, 4) is 11.5 Å². The summed E-state index contributed by atoms with van der Waals surface area (Å²) >= 11 is 25.6. The third-order valence-corrected chi connectivity index (χ3v) is 8.28. The van der Waals surface area contributed by atoms with Gasteiger partial charge in [0.05, 0.1) is 34.4 Å². The first-order valence-electron chi connectivity index (χ1n) is 12.6. The molecule has 39 heavy (non-hydrogen) atoms. The first-order chi connectivity index (χ1) is 18.7. The highest BCUT2D eigenvalue weighted by atomic mass is 35.5. The van der Waals surface area contributed by atoms with E-state index >= 15 is 0 Å². The Morgan fingerprint density at radius 2 is 1.74 bits per heavy atom. The SMILES string of the molecule is COC1=C(c2c(Cl)cc(Cl)cc2Cl)C(=O)C[C@@H](C)[C@]12Oc1c(Cl)ccc(OCCOC3CCCCO3)c1C2=O. The van der Waals surface area contributed by atoms with E-state index in [1.807, 2.05) is 0 Å². The molecule has 11 heteroatoms. The van der Waals surface area contributed by atoms with E-state index in [0.717, 1.165) is 19.3 Å². The van der Waals surface area contributed by atoms with Crippen molar-refractivity contribution in [3.05, 3.63) is 61.2 Å². The number of carbonyl (C=O) groups excluding carboxylic acids is 2. The lowest BCUT2D eigenvalue weighted by atomic mass is 9.71. The van der Waals surface area contributed by atoms with Gasteiger partial charge in [0.1, 0.15) is 17.9 Å². The number of ketones is 2. The molecule has 0 saturated carbocycles. The molecule has 3 aliphatic rings. The van der Waals surface area contributed by atoms with Crippen molar-refractivity contribution in [1.29, 1.82) is 0 Å². The zero-order chi connectivity index (χ0) is 27.9. The van der Waals surface area contributed by atoms with Crippen LogP contribution >= 0.6 is 46.4 Å². The maximum absolute atomic E-state index is 14.3. The van der Waals surface area contributed by atoms with Gasteiger partial charge in [-0.25, -0.2) is 0 Å². The van der Waals surface area contributed by atoms with Crippen LogP contribution in [0, 0.1) is 5.92 Å². The summed E-state index contributed by atoms with van der Waals surface area (Å²) in [7, 11) is 1.36. The van der Waals surface area contributed by atoms with E-state index < -0.39 is 17.3 Å². The van der Waals surface area contributed by atoms with E-state index in [1.54, 1.807) is 19.1 Å². The molecule has 1 unspecified atom stereocenters. The Hall–Kier alpha value is -2.00. The summed E-state index contributed by atoms with van der Waals surface area (Å²) in [6, 6.07) is 6.15. The van der Waals surface area contributed by atoms with Crippen LogP contribution < -0.4 is 9.47 Å². The van der Waals surface area contributed by atoms with Gasteiger partial charge in [-0.1, -0.05) is 53.3 Å². The number of fused-ring (bicyclic) bond motifs is 1. The van der Waals surface area contributed by atoms with Gasteiger partial charge in [0.25, 0.3) is 0 Å². The number of halogens is 4. The predicted octanol–water partition coefficient (Wildman–Crippen LogP) is 7.20. The van der Waals surface area contributed by atoms with Crippen molar-refractivity contribution in [2.24, 2.45) is 5.92 Å². The van der Waals surface area contributed by atoms with Gasteiger partial charge in [-0.2, -0.15) is 0 Å². The number of allylic oxidation sites excluding steroid dienone is 1. The average Bonchev–Trinajstić information content (AvgIpc) is 3.21. The van der Waals surface area contributed by atoms with Crippen LogP contribution in [0.5, 0.6) is 11.5 Å². The normalized spacial score (nSPS) is 24.7. The number of ether oxygens (including phenoxy) is 5. The molecule has 1 spiro atoms. The number of hydrogen-bond acceptors (Lipinski definition) is 7. The third-order valence-electron chi connectivity index (χ3n) is 7.17. The fourth-order valence-electron chi connectivity index (χ4n) is 5.36. The molecule has 0 aromatic heterocycles. The predicted molar refractivity (Wildman–Crippen MR) is 148 cm³/mol. The molecule has 0 amide bonds. The van der Waals surface area contributed by atoms with Crippen LogP contribution in [-0.4, -0.2) is 50.4 Å². The van der Waals surface area contributed by atoms with Gasteiger partial charge in [0.2, 0.25) is 11.4 Å². The Morgan fingerprint density at radius 3 is 2.41 bits per heavy atom. The van der Waals surface area contributed by atoms with Crippen molar-refractivity contribution in [1.82, 2.24) is 0 Å². The summed E-state index contributed by atoms with van der Waals surface area (Å²) in [5.74, 6) is -0.912. The molecule has 5 rings (SSSR count). The lowest BCUT2D eigenvalue weighted by Gasteiger charge is -2.39. The Labute approximate surface area is 246 Å². The zero-order valence-electron chi connectivity index (χ0n) is 21.3. The minimum Gasteiger partial charge on any atom is -0.496 e. The highest BCUT2D eigenvalue weighted by molar-refractivity contribution is 6.43. The molecule has 2 aromatic carbocycles. The van der Waals surface area contributed by atoms with E-state index in [4.69, 9.17) is 70.1 Å². The van der Waals surface area contributed by atoms with Crippen molar-refractivity contribution < 1.29 is 33.3 Å². The molecule has 1 aliphatic carbocycles. The number of hydrogen-bond donors (Lipinski definition) is 0. The van der Waals surface area contributed by atoms with Gasteiger partial charge in [0, 0.05) is 29.5 Å². The van der Waals surface area contributed by atoms with Gasteiger partial charge in [-0.15, -0.1) is 0 Å². The summed E-state index contributed by atoms with van der Waals surface area (Å²) in [4.78, 5) is 27.7. The number of methoxy groups -OCH3 is 1. The van der Waals surface area contributed by atoms with Crippen LogP contribution in [0.1, 0.15) is 48.5 Å². The molecule has 7 nitrogen and oxygen atoms in total. The zero-order valence-corrected chi connectivity index (χ0v) is 24.3. The number of rotatable bonds is 7. The number of Topliss-reactive ketones (excluding diaryl/α,β-unsaturated/α-hetero) is 2. The van der Waals surface area contributed by atoms with E-state index in [2.05, 4.69) is 0 Å². The molecule has 2 aromatic rings. The Kier molecular flexibility index (Phi) is 8.39. The molecule has 1 fully saturated rings. The van der Waals surface area contributed by atoms with Crippen LogP contribution in [-0.2, 0) is 19.0 Å². The fourth-order valence-corrected chi connectivity index (χ4v) is 6.56. The first-order valence-corrected chi connectivity index (χ1v) is 14.1. The molecule has 1 saturated heterocycles. The lowest BCUT2D eigenvalue weighted by Crippen LogP contribution is -2.52. The smallest absolute Gasteiger partial charge is 0.231 e. The second kappa shape index (κ2) is 11.5. The second-order valence-corrected chi connectivity index (χ2v) is 11.3. The maximum Gasteiger partial charge on any atom is 0.231 e. The summed E-state index contributed by atoms with van der Waals surface area (Å²) in [5.41, 5.74) is -1.25. The van der Waals surface area contributed by atoms with Crippen LogP contribution in [0.4, 0.5) is 0 Å². The largest absolute Gasteiger partial charge is 0.496 e. The maximum atomic E-state index is 14.3. The van der Waals surface area contributed by atoms with Crippen LogP contribution in [0.2, 0.25) is 20.1 Å². The molecule has 208 valence electrons. The second-order valence-electron chi connectivity index (χ2n) is 9.61. The topological polar surface area (TPSA) is 80.3 Å². The standard InChI is InChI=1S/C28H26Cl4O7/c1-14-11-19(33)23(22-17(31)12-15(29)13-18(22)32)27(35-2)28(14)26(34)24-20(7-6-16(30)25(24)39-28)36-9-10-38-21-5-3-4-8-37-21/h6-7,12-14,21H,3-5,8-11H2,1-2H3/t14-,21?,28-/m1/s1. The van der Waals surface area contributed by atoms with E-state index in [0.29, 0.717) is 11.6 Å². The minimum absolute atomic E-state index is 0.00151. The third kappa shape index (κ3) is 5.03. The molecular weight excluding hydrogens is 590 g/mol. The minimum atomic E-state index is -1.69. The number of carbonyl (C=O) groups is 2. The average molecular weight is 616 g/mol. The highest BCUT2D eigenvalue weighted by Crippen LogP contribution is 2.55. The summed E-state index contributed by atoms with van der Waals surface area (Å²) in [5, 5.41) is 0.801. The molecule has 0 radical (unpaired) electrons. The molecule has 3 atom stereocenters. The fraction of sp³-hybridized carbons (Fsp3) is 0.429. The quantitative estimate of drug-likeness (QED) is 0.305. The van der Waals surface area contributed by atoms with Gasteiger partial charge in [-0.3, -0.25) is 9.59 Å². The molecular formula is C28H26Cl4O7. The van der Waals surface area contributed by atoms with E-state index in [9.17, 15) is 9.59 Å². The molecule has 0 N–H and O–H groups in total. The lowest BCUT2D eigenvalue weighted by molar-refractivity contribution is -0.165. The summed E-state index contributed by atoms with van der Waals surface area (Å²) < 4.78 is 29.5. The van der Waals surface area contributed by atoms with Gasteiger partial charge >= 0.3 is 0 Å². The first kappa shape index (κ1) is 28.5. The molecule has 2 heterocycles. The van der Waals surface area contributed by atoms with Gasteiger partial charge in [-0.05, 0) is 43.5 Å². The van der Waals surface area contributed by atoms with E-state index in [-0.39, 0.29) is 80.7 Å². The van der Waals surface area contributed by atoms with Crippen molar-refractivity contribution >= 4 is 63.5 Å². The molecule has 2 aliphatic heterocycles. The van der Waals surface area contributed by atoms with Crippen LogP contribution in [0.25, 0.3) is 5.57 Å². The van der Waals surface area contributed by atoms with Crippen molar-refractivity contribution in [3.63, 3.8) is 0 Å². The van der Waals surface area contributed by atoms with Crippen molar-refractivity contribution in [2.45, 2.75) is 44.5 Å². The van der Waals surface area contributed by atoms with E-state index in [1.165, 1.54) is 19.2 Å². The summed E-state index contributed by atoms with van der Waals surface area (Å²) in [6.45, 7) is 2.87. The van der Waals surface area contributed by atoms with Gasteiger partial charge in [0.15, 0.2) is 23.6 Å². The van der Waals surface area contributed by atoms with Crippen molar-refractivity contribution in [2.75, 3.05) is 26.9 Å². The Balaban J connectivity index is 1.52. The highest BCUT2D eigenvalue weighted by Gasteiger charge is 2.61. The number of benzene rings is 2. The summed E-state index contributed by atoms with van der Waals surface area (Å²) in [6.07, 6.45) is 2.62. The molecule has 0 bridgehead atoms. The Bertz CT molecular complexity index is 1330. The van der Waals surface area contributed by atoms with Crippen LogP contribution in [0.15, 0.2) is 30.0 Å². The Morgan fingerprint density at radius 1 is 1.00 bits per heavy atom. The monoisotopic (exact) mass is 614 g/mol. The van der Waals surface area contributed by atoms with Crippen LogP contribution in [0.3, 0.4) is 0 Å².